The number of rotatable bonds is 6. The molecule has 0 saturated carbocycles. The maximum absolute atomic E-state index is 13.3. The molecule has 0 aliphatic heterocycles. The van der Waals surface area contributed by atoms with E-state index in [4.69, 9.17) is 4.74 Å². The standard InChI is InChI=1S/C13H19F2NO/c1-4-17-13(2,3)9-16-8-10-5-6-11(14)7-12(10)15/h5-7,16H,4,8-9H2,1-3H3. The van der Waals surface area contributed by atoms with E-state index < -0.39 is 11.6 Å². The van der Waals surface area contributed by atoms with E-state index >= 15 is 0 Å². The number of ether oxygens (including phenoxy) is 1. The topological polar surface area (TPSA) is 21.3 Å². The fourth-order valence-corrected chi connectivity index (χ4v) is 1.61. The summed E-state index contributed by atoms with van der Waals surface area (Å²) in [7, 11) is 0. The summed E-state index contributed by atoms with van der Waals surface area (Å²) in [5.41, 5.74) is 0.171. The average Bonchev–Trinajstić information content (AvgIpc) is 2.21. The molecule has 0 bridgehead atoms. The van der Waals surface area contributed by atoms with Crippen LogP contribution < -0.4 is 5.32 Å². The summed E-state index contributed by atoms with van der Waals surface area (Å²) in [5.74, 6) is -1.08. The van der Waals surface area contributed by atoms with Crippen LogP contribution in [0, 0.1) is 11.6 Å². The molecule has 0 radical (unpaired) electrons. The van der Waals surface area contributed by atoms with Gasteiger partial charge in [-0.3, -0.25) is 0 Å². The largest absolute Gasteiger partial charge is 0.375 e. The van der Waals surface area contributed by atoms with E-state index in [9.17, 15) is 8.78 Å². The minimum atomic E-state index is -0.555. The van der Waals surface area contributed by atoms with Crippen molar-refractivity contribution in [2.24, 2.45) is 0 Å². The summed E-state index contributed by atoms with van der Waals surface area (Å²) in [4.78, 5) is 0. The fourth-order valence-electron chi connectivity index (χ4n) is 1.61. The van der Waals surface area contributed by atoms with Gasteiger partial charge in [-0.2, -0.15) is 0 Å². The summed E-state index contributed by atoms with van der Waals surface area (Å²) in [6, 6.07) is 3.60. The van der Waals surface area contributed by atoms with Gasteiger partial charge >= 0.3 is 0 Å². The predicted molar refractivity (Wildman–Crippen MR) is 63.8 cm³/mol. The smallest absolute Gasteiger partial charge is 0.130 e. The SMILES string of the molecule is CCOC(C)(C)CNCc1ccc(F)cc1F. The zero-order valence-corrected chi connectivity index (χ0v) is 10.5. The second-order valence-electron chi connectivity index (χ2n) is 4.53. The number of halogens is 2. The van der Waals surface area contributed by atoms with Crippen molar-refractivity contribution in [2.45, 2.75) is 32.9 Å². The Kier molecular flexibility index (Phi) is 5.02. The molecule has 0 heterocycles. The molecule has 1 aromatic carbocycles. The van der Waals surface area contributed by atoms with Crippen molar-refractivity contribution in [2.75, 3.05) is 13.2 Å². The number of benzene rings is 1. The highest BCUT2D eigenvalue weighted by Crippen LogP contribution is 2.11. The first kappa shape index (κ1) is 14.1. The third kappa shape index (κ3) is 4.79. The molecule has 0 fully saturated rings. The zero-order valence-electron chi connectivity index (χ0n) is 10.5. The molecule has 96 valence electrons. The summed E-state index contributed by atoms with van der Waals surface area (Å²) < 4.78 is 31.5. The lowest BCUT2D eigenvalue weighted by molar-refractivity contribution is -0.00901. The number of hydrogen-bond acceptors (Lipinski definition) is 2. The molecule has 0 amide bonds. The van der Waals surface area contributed by atoms with Crippen molar-refractivity contribution in [3.05, 3.63) is 35.4 Å². The second kappa shape index (κ2) is 6.07. The van der Waals surface area contributed by atoms with Gasteiger partial charge in [0.25, 0.3) is 0 Å². The van der Waals surface area contributed by atoms with E-state index in [1.54, 1.807) is 0 Å². The van der Waals surface area contributed by atoms with E-state index in [-0.39, 0.29) is 5.60 Å². The van der Waals surface area contributed by atoms with Crippen molar-refractivity contribution in [1.29, 1.82) is 0 Å². The number of nitrogens with one attached hydrogen (secondary N) is 1. The molecule has 2 nitrogen and oxygen atoms in total. The van der Waals surface area contributed by atoms with Crippen LogP contribution in [0.25, 0.3) is 0 Å². The molecule has 0 unspecified atom stereocenters. The summed E-state index contributed by atoms with van der Waals surface area (Å²) in [5, 5.41) is 3.10. The Hall–Kier alpha value is -1.00. The van der Waals surface area contributed by atoms with Crippen LogP contribution in [0.3, 0.4) is 0 Å². The fraction of sp³-hybridized carbons (Fsp3) is 0.538. The highest BCUT2D eigenvalue weighted by atomic mass is 19.1. The van der Waals surface area contributed by atoms with E-state index in [1.165, 1.54) is 12.1 Å². The minimum absolute atomic E-state index is 0.286. The molecule has 4 heteroatoms. The van der Waals surface area contributed by atoms with Crippen LogP contribution in [0.1, 0.15) is 26.3 Å². The second-order valence-corrected chi connectivity index (χ2v) is 4.53. The van der Waals surface area contributed by atoms with E-state index in [1.807, 2.05) is 20.8 Å². The molecule has 1 rings (SSSR count). The Bertz CT molecular complexity index is 366. The van der Waals surface area contributed by atoms with Crippen molar-refractivity contribution in [1.82, 2.24) is 5.32 Å². The maximum Gasteiger partial charge on any atom is 0.130 e. The third-order valence-corrected chi connectivity index (χ3v) is 2.42. The van der Waals surface area contributed by atoms with Crippen LogP contribution in [0.2, 0.25) is 0 Å². The highest BCUT2D eigenvalue weighted by Gasteiger charge is 2.16. The minimum Gasteiger partial charge on any atom is -0.375 e. The van der Waals surface area contributed by atoms with E-state index in [0.29, 0.717) is 25.3 Å². The zero-order chi connectivity index (χ0) is 12.9. The molecule has 0 aliphatic carbocycles. The Labute approximate surface area is 101 Å². The van der Waals surface area contributed by atoms with Crippen LogP contribution in [0.15, 0.2) is 18.2 Å². The van der Waals surface area contributed by atoms with Gasteiger partial charge in [-0.25, -0.2) is 8.78 Å². The van der Waals surface area contributed by atoms with Crippen molar-refractivity contribution < 1.29 is 13.5 Å². The van der Waals surface area contributed by atoms with E-state index in [2.05, 4.69) is 5.32 Å². The molecular weight excluding hydrogens is 224 g/mol. The normalized spacial score (nSPS) is 11.8. The highest BCUT2D eigenvalue weighted by molar-refractivity contribution is 5.18. The predicted octanol–water partition coefficient (Wildman–Crippen LogP) is 2.87. The van der Waals surface area contributed by atoms with Crippen LogP contribution in [-0.4, -0.2) is 18.8 Å². The van der Waals surface area contributed by atoms with Gasteiger partial charge in [0.15, 0.2) is 0 Å². The molecule has 17 heavy (non-hydrogen) atoms. The molecule has 0 aliphatic rings. The van der Waals surface area contributed by atoms with Gasteiger partial charge < -0.3 is 10.1 Å². The van der Waals surface area contributed by atoms with Crippen molar-refractivity contribution in [3.63, 3.8) is 0 Å². The lowest BCUT2D eigenvalue weighted by Crippen LogP contribution is -2.37. The van der Waals surface area contributed by atoms with Gasteiger partial charge in [-0.15, -0.1) is 0 Å². The Morgan fingerprint density at radius 2 is 2.00 bits per heavy atom. The quantitative estimate of drug-likeness (QED) is 0.829. The van der Waals surface area contributed by atoms with Gasteiger partial charge in [0.05, 0.1) is 5.60 Å². The van der Waals surface area contributed by atoms with Crippen LogP contribution in [0.4, 0.5) is 8.78 Å². The van der Waals surface area contributed by atoms with Crippen LogP contribution >= 0.6 is 0 Å². The van der Waals surface area contributed by atoms with Gasteiger partial charge in [-0.1, -0.05) is 6.07 Å². The Morgan fingerprint density at radius 3 is 2.59 bits per heavy atom. The molecule has 0 atom stereocenters. The molecule has 0 saturated heterocycles. The third-order valence-electron chi connectivity index (χ3n) is 2.42. The van der Waals surface area contributed by atoms with Crippen molar-refractivity contribution >= 4 is 0 Å². The van der Waals surface area contributed by atoms with Crippen LogP contribution in [0.5, 0.6) is 0 Å². The summed E-state index contributed by atoms with van der Waals surface area (Å²) in [6.07, 6.45) is 0. The molecule has 0 aromatic heterocycles. The van der Waals surface area contributed by atoms with Gasteiger partial charge in [0, 0.05) is 31.3 Å². The summed E-state index contributed by atoms with van der Waals surface area (Å²) >= 11 is 0. The first-order valence-electron chi connectivity index (χ1n) is 5.73. The molecule has 0 spiro atoms. The average molecular weight is 243 g/mol. The van der Waals surface area contributed by atoms with Gasteiger partial charge in [-0.05, 0) is 26.8 Å². The first-order valence-corrected chi connectivity index (χ1v) is 5.73. The van der Waals surface area contributed by atoms with Gasteiger partial charge in [0.2, 0.25) is 0 Å². The molecular formula is C13H19F2NO. The summed E-state index contributed by atoms with van der Waals surface area (Å²) in [6.45, 7) is 7.47. The van der Waals surface area contributed by atoms with Crippen LogP contribution in [-0.2, 0) is 11.3 Å². The first-order chi connectivity index (χ1) is 7.94. The molecule has 1 aromatic rings. The number of hydrogen-bond donors (Lipinski definition) is 1. The monoisotopic (exact) mass is 243 g/mol. The Morgan fingerprint density at radius 1 is 1.29 bits per heavy atom. The van der Waals surface area contributed by atoms with Gasteiger partial charge in [0.1, 0.15) is 11.6 Å². The maximum atomic E-state index is 13.3. The lowest BCUT2D eigenvalue weighted by Gasteiger charge is -2.25. The van der Waals surface area contributed by atoms with Crippen molar-refractivity contribution in [3.8, 4) is 0 Å². The molecule has 1 N–H and O–H groups in total. The Balaban J connectivity index is 2.46. The van der Waals surface area contributed by atoms with E-state index in [0.717, 1.165) is 6.07 Å². The lowest BCUT2D eigenvalue weighted by atomic mass is 10.1.